The lowest BCUT2D eigenvalue weighted by atomic mass is 9.90. The molecule has 3 aromatic rings. The van der Waals surface area contributed by atoms with Crippen LogP contribution in [0, 0.1) is 27.7 Å². The van der Waals surface area contributed by atoms with Crippen LogP contribution in [-0.2, 0) is 33.6 Å². The Hall–Kier alpha value is -4.05. The summed E-state index contributed by atoms with van der Waals surface area (Å²) in [5.41, 5.74) is 8.09. The third-order valence-corrected chi connectivity index (χ3v) is 10.6. The van der Waals surface area contributed by atoms with Crippen LogP contribution >= 0.6 is 0 Å². The van der Waals surface area contributed by atoms with E-state index in [-0.39, 0.29) is 53.5 Å². The number of carbonyl (C=O) groups excluding carboxylic acids is 3. The van der Waals surface area contributed by atoms with Gasteiger partial charge in [-0.25, -0.2) is 0 Å². The first-order valence-corrected chi connectivity index (χ1v) is 18.2. The average Bonchev–Trinajstić information content (AvgIpc) is 3.05. The third kappa shape index (κ3) is 10.5. The predicted molar refractivity (Wildman–Crippen MR) is 203 cm³/mol. The Morgan fingerprint density at radius 3 is 1.76 bits per heavy atom. The summed E-state index contributed by atoms with van der Waals surface area (Å²) in [4.78, 5) is 45.2. The largest absolute Gasteiger partial charge is 0.508 e. The van der Waals surface area contributed by atoms with Gasteiger partial charge in [0.1, 0.15) is 29.1 Å². The standard InChI is InChI=1S/C42H58N4O5/c1-26-20-32(47)21-27(2)35(26)24-37(45(5)6)39(49)15-11-13-31(44-42(51)41-34-14-10-9-12-30(34)18-19-43-41)16-17-40(50)38(46(7)8)25-36-28(3)22-33(48)23-29(36)4/h9-10,12,14,20-23,31,37-38,41,43,47-48H,11,13,15-19,24-25H2,1-8H3,(H,44,51)/t31?,37-,38-,41?/m0/s1. The minimum Gasteiger partial charge on any atom is -0.508 e. The highest BCUT2D eigenvalue weighted by molar-refractivity contribution is 5.86. The molecule has 1 heterocycles. The molecule has 0 bridgehead atoms. The number of fused-ring (bicyclic) bond motifs is 1. The van der Waals surface area contributed by atoms with Gasteiger partial charge in [-0.15, -0.1) is 0 Å². The van der Waals surface area contributed by atoms with Crippen molar-refractivity contribution in [3.63, 3.8) is 0 Å². The molecule has 0 aromatic heterocycles. The number of benzene rings is 3. The fourth-order valence-corrected chi connectivity index (χ4v) is 7.62. The molecule has 3 aromatic carbocycles. The Bertz CT molecular complexity index is 1650. The summed E-state index contributed by atoms with van der Waals surface area (Å²) in [7, 11) is 7.65. The van der Waals surface area contributed by atoms with E-state index in [2.05, 4.69) is 16.7 Å². The van der Waals surface area contributed by atoms with Crippen LogP contribution in [0.1, 0.15) is 82.7 Å². The molecule has 9 nitrogen and oxygen atoms in total. The molecule has 0 saturated heterocycles. The number of aryl methyl sites for hydroxylation is 4. The van der Waals surface area contributed by atoms with Crippen LogP contribution in [0.15, 0.2) is 48.5 Å². The van der Waals surface area contributed by atoms with Gasteiger partial charge in [-0.1, -0.05) is 24.3 Å². The number of phenols is 2. The van der Waals surface area contributed by atoms with Crippen molar-refractivity contribution in [1.29, 1.82) is 0 Å². The van der Waals surface area contributed by atoms with Gasteiger partial charge in [-0.2, -0.15) is 0 Å². The molecule has 276 valence electrons. The molecule has 0 spiro atoms. The molecule has 4 N–H and O–H groups in total. The van der Waals surface area contributed by atoms with Gasteiger partial charge in [0.05, 0.1) is 12.1 Å². The average molecular weight is 699 g/mol. The zero-order valence-electron chi connectivity index (χ0n) is 31.8. The Balaban J connectivity index is 1.47. The first kappa shape index (κ1) is 39.7. The molecule has 1 aliphatic rings. The quantitative estimate of drug-likeness (QED) is 0.147. The van der Waals surface area contributed by atoms with E-state index >= 15 is 0 Å². The molecular weight excluding hydrogens is 640 g/mol. The lowest BCUT2D eigenvalue weighted by Gasteiger charge is -2.29. The van der Waals surface area contributed by atoms with Gasteiger partial charge in [0.2, 0.25) is 5.91 Å². The number of amides is 1. The lowest BCUT2D eigenvalue weighted by Crippen LogP contribution is -2.46. The van der Waals surface area contributed by atoms with Crippen molar-refractivity contribution in [2.75, 3.05) is 34.7 Å². The molecule has 1 aliphatic heterocycles. The second-order valence-corrected chi connectivity index (χ2v) is 14.9. The number of nitrogens with one attached hydrogen (secondary N) is 2. The van der Waals surface area contributed by atoms with E-state index in [0.29, 0.717) is 45.1 Å². The second-order valence-electron chi connectivity index (χ2n) is 14.9. The number of nitrogens with zero attached hydrogens (tertiary/aromatic N) is 2. The minimum absolute atomic E-state index is 0.0932. The van der Waals surface area contributed by atoms with Crippen LogP contribution in [0.5, 0.6) is 11.5 Å². The van der Waals surface area contributed by atoms with Crippen molar-refractivity contribution in [3.05, 3.63) is 93.0 Å². The first-order chi connectivity index (χ1) is 24.2. The van der Waals surface area contributed by atoms with E-state index in [1.807, 2.05) is 83.9 Å². The van der Waals surface area contributed by atoms with Gasteiger partial charge in [0, 0.05) is 25.4 Å². The van der Waals surface area contributed by atoms with Crippen LogP contribution in [-0.4, -0.2) is 90.3 Å². The molecule has 0 aliphatic carbocycles. The van der Waals surface area contributed by atoms with Gasteiger partial charge < -0.3 is 20.8 Å². The molecule has 9 heteroatoms. The number of carbonyl (C=O) groups is 3. The predicted octanol–water partition coefficient (Wildman–Crippen LogP) is 5.44. The fourth-order valence-electron chi connectivity index (χ4n) is 7.62. The Kier molecular flexibility index (Phi) is 14.0. The molecule has 4 atom stereocenters. The highest BCUT2D eigenvalue weighted by Gasteiger charge is 2.30. The minimum atomic E-state index is -0.473. The van der Waals surface area contributed by atoms with Crippen molar-refractivity contribution in [1.82, 2.24) is 20.4 Å². The van der Waals surface area contributed by atoms with Crippen LogP contribution in [0.25, 0.3) is 0 Å². The topological polar surface area (TPSA) is 122 Å². The Morgan fingerprint density at radius 1 is 0.765 bits per heavy atom. The maximum atomic E-state index is 13.8. The fraction of sp³-hybridized carbons (Fsp3) is 0.500. The van der Waals surface area contributed by atoms with Crippen LogP contribution in [0.3, 0.4) is 0 Å². The molecule has 0 fully saturated rings. The van der Waals surface area contributed by atoms with E-state index in [1.165, 1.54) is 0 Å². The van der Waals surface area contributed by atoms with E-state index in [0.717, 1.165) is 50.9 Å². The molecule has 4 rings (SSSR count). The Morgan fingerprint density at radius 2 is 1.25 bits per heavy atom. The summed E-state index contributed by atoms with van der Waals surface area (Å²) < 4.78 is 0. The van der Waals surface area contributed by atoms with Crippen LogP contribution in [0.4, 0.5) is 0 Å². The van der Waals surface area contributed by atoms with Crippen LogP contribution < -0.4 is 10.6 Å². The zero-order valence-corrected chi connectivity index (χ0v) is 31.8. The highest BCUT2D eigenvalue weighted by Crippen LogP contribution is 2.27. The maximum Gasteiger partial charge on any atom is 0.241 e. The zero-order chi connectivity index (χ0) is 37.4. The number of Topliss-reactive ketones (excluding diaryl/α,β-unsaturated/α-hetero) is 2. The van der Waals surface area contributed by atoms with Gasteiger partial charge in [-0.3, -0.25) is 24.2 Å². The molecule has 1 amide bonds. The van der Waals surface area contributed by atoms with E-state index in [4.69, 9.17) is 0 Å². The number of ketones is 2. The number of aromatic hydroxyl groups is 2. The molecule has 0 saturated carbocycles. The van der Waals surface area contributed by atoms with Gasteiger partial charge in [0.15, 0.2) is 0 Å². The van der Waals surface area contributed by atoms with Gasteiger partial charge in [-0.05, 0) is 163 Å². The van der Waals surface area contributed by atoms with Crippen molar-refractivity contribution in [2.45, 2.75) is 103 Å². The summed E-state index contributed by atoms with van der Waals surface area (Å²) in [6, 6.07) is 13.5. The molecule has 2 unspecified atom stereocenters. The number of hydrogen-bond acceptors (Lipinski definition) is 8. The second kappa shape index (κ2) is 17.9. The molecule has 0 radical (unpaired) electrons. The first-order valence-electron chi connectivity index (χ1n) is 18.2. The summed E-state index contributed by atoms with van der Waals surface area (Å²) in [6.07, 6.45) is 4.19. The summed E-state index contributed by atoms with van der Waals surface area (Å²) in [6.45, 7) is 8.54. The van der Waals surface area contributed by atoms with Crippen molar-refractivity contribution < 1.29 is 24.6 Å². The van der Waals surface area contributed by atoms with E-state index < -0.39 is 6.04 Å². The monoisotopic (exact) mass is 698 g/mol. The van der Waals surface area contributed by atoms with Crippen LogP contribution in [0.2, 0.25) is 0 Å². The number of likely N-dealkylation sites (N-methyl/N-ethyl adjacent to an activating group) is 2. The SMILES string of the molecule is Cc1cc(O)cc(C)c1C[C@@H](C(=O)CCCC(CCC(=O)[C@H](Cc1c(C)cc(O)cc1C)N(C)C)NC(=O)C1NCCc2ccccc21)N(C)C. The molecular formula is C42H58N4O5. The highest BCUT2D eigenvalue weighted by atomic mass is 16.3. The normalized spacial score (nSPS) is 16.1. The molecule has 51 heavy (non-hydrogen) atoms. The van der Waals surface area contributed by atoms with Crippen molar-refractivity contribution in [2.24, 2.45) is 0 Å². The smallest absolute Gasteiger partial charge is 0.241 e. The lowest BCUT2D eigenvalue weighted by molar-refractivity contribution is -0.126. The Labute approximate surface area is 304 Å². The third-order valence-electron chi connectivity index (χ3n) is 10.6. The van der Waals surface area contributed by atoms with Crippen molar-refractivity contribution in [3.8, 4) is 11.5 Å². The summed E-state index contributed by atoms with van der Waals surface area (Å²) >= 11 is 0. The number of phenolic OH excluding ortho intramolecular Hbond substituents is 2. The van der Waals surface area contributed by atoms with E-state index in [1.54, 1.807) is 24.3 Å². The summed E-state index contributed by atoms with van der Waals surface area (Å²) in [5.74, 6) is 0.548. The van der Waals surface area contributed by atoms with E-state index in [9.17, 15) is 24.6 Å². The maximum absolute atomic E-state index is 13.8. The van der Waals surface area contributed by atoms with Gasteiger partial charge in [0.25, 0.3) is 0 Å². The van der Waals surface area contributed by atoms with Gasteiger partial charge >= 0.3 is 0 Å². The summed E-state index contributed by atoms with van der Waals surface area (Å²) in [5, 5.41) is 26.7. The number of hydrogen-bond donors (Lipinski definition) is 4. The number of rotatable bonds is 17. The van der Waals surface area contributed by atoms with Crippen molar-refractivity contribution >= 4 is 17.5 Å².